The molecule has 0 amide bonds. The lowest BCUT2D eigenvalue weighted by atomic mass is 10.1. The van der Waals surface area contributed by atoms with Gasteiger partial charge in [0.15, 0.2) is 5.11 Å². The molecular weight excluding hydrogens is 330 g/mol. The number of nitrogens with zero attached hydrogens (tertiary/aromatic N) is 1. The number of thiocarbonyl (C=S) groups is 1. The van der Waals surface area contributed by atoms with Gasteiger partial charge in [-0.1, -0.05) is 76.8 Å². The number of para-hydroxylation sites is 1. The summed E-state index contributed by atoms with van der Waals surface area (Å²) < 4.78 is 0. The van der Waals surface area contributed by atoms with Crippen LogP contribution in [0, 0.1) is 0 Å². The number of benzene rings is 1. The molecule has 0 fully saturated rings. The molecule has 1 aromatic carbocycles. The number of phenols is 1. The molecule has 0 atom stereocenters. The van der Waals surface area contributed by atoms with Crippen LogP contribution in [0.15, 0.2) is 29.4 Å². The van der Waals surface area contributed by atoms with Crippen molar-refractivity contribution in [1.82, 2.24) is 10.7 Å². The first-order valence-electron chi connectivity index (χ1n) is 9.59. The predicted octanol–water partition coefficient (Wildman–Crippen LogP) is 5.11. The topological polar surface area (TPSA) is 56.7 Å². The predicted molar refractivity (Wildman–Crippen MR) is 111 cm³/mol. The standard InChI is InChI=1S/C20H33N3OS/c1-2-3-4-5-6-7-8-9-10-13-16-21-20(25)23-22-17-18-14-11-12-15-19(18)24/h11-12,14-15,17,24H,2-10,13,16H2,1H3,(H2,21,23,25)/b22-17-. The maximum atomic E-state index is 9.62. The van der Waals surface area contributed by atoms with Gasteiger partial charge in [-0.25, -0.2) is 0 Å². The van der Waals surface area contributed by atoms with Crippen molar-refractivity contribution in [2.24, 2.45) is 5.10 Å². The lowest BCUT2D eigenvalue weighted by molar-refractivity contribution is 0.474. The summed E-state index contributed by atoms with van der Waals surface area (Å²) >= 11 is 5.17. The van der Waals surface area contributed by atoms with Gasteiger partial charge in [-0.2, -0.15) is 5.10 Å². The van der Waals surface area contributed by atoms with E-state index in [0.29, 0.717) is 10.7 Å². The first kappa shape index (κ1) is 21.4. The van der Waals surface area contributed by atoms with Crippen LogP contribution in [0.1, 0.15) is 76.7 Å². The molecule has 0 heterocycles. The summed E-state index contributed by atoms with van der Waals surface area (Å²) in [4.78, 5) is 0. The van der Waals surface area contributed by atoms with Crippen molar-refractivity contribution < 1.29 is 5.11 Å². The van der Waals surface area contributed by atoms with Gasteiger partial charge in [-0.3, -0.25) is 5.43 Å². The van der Waals surface area contributed by atoms with E-state index in [0.717, 1.165) is 13.0 Å². The van der Waals surface area contributed by atoms with Gasteiger partial charge >= 0.3 is 0 Å². The first-order chi connectivity index (χ1) is 12.2. The van der Waals surface area contributed by atoms with Crippen molar-refractivity contribution in [3.05, 3.63) is 29.8 Å². The van der Waals surface area contributed by atoms with Crippen molar-refractivity contribution in [2.75, 3.05) is 6.54 Å². The van der Waals surface area contributed by atoms with Crippen LogP contribution in [-0.2, 0) is 0 Å². The Labute approximate surface area is 158 Å². The fourth-order valence-electron chi connectivity index (χ4n) is 2.61. The number of hydrogen-bond donors (Lipinski definition) is 3. The van der Waals surface area contributed by atoms with Crippen molar-refractivity contribution in [1.29, 1.82) is 0 Å². The summed E-state index contributed by atoms with van der Waals surface area (Å²) in [7, 11) is 0. The van der Waals surface area contributed by atoms with E-state index in [-0.39, 0.29) is 5.75 Å². The minimum absolute atomic E-state index is 0.206. The number of aromatic hydroxyl groups is 1. The van der Waals surface area contributed by atoms with E-state index >= 15 is 0 Å². The fraction of sp³-hybridized carbons (Fsp3) is 0.600. The number of unbranched alkanes of at least 4 members (excludes halogenated alkanes) is 9. The van der Waals surface area contributed by atoms with Crippen molar-refractivity contribution >= 4 is 23.5 Å². The second kappa shape index (κ2) is 14.7. The highest BCUT2D eigenvalue weighted by atomic mass is 32.1. The van der Waals surface area contributed by atoms with Crippen LogP contribution >= 0.6 is 12.2 Å². The third-order valence-corrected chi connectivity index (χ3v) is 4.36. The third-order valence-electron chi connectivity index (χ3n) is 4.12. The third kappa shape index (κ3) is 11.5. The van der Waals surface area contributed by atoms with E-state index in [1.54, 1.807) is 24.4 Å². The Hall–Kier alpha value is -1.62. The largest absolute Gasteiger partial charge is 0.507 e. The Morgan fingerprint density at radius 1 is 1.00 bits per heavy atom. The monoisotopic (exact) mass is 363 g/mol. The van der Waals surface area contributed by atoms with Gasteiger partial charge in [-0.15, -0.1) is 0 Å². The van der Waals surface area contributed by atoms with E-state index in [9.17, 15) is 5.11 Å². The molecule has 4 nitrogen and oxygen atoms in total. The summed E-state index contributed by atoms with van der Waals surface area (Å²) in [6.07, 6.45) is 14.9. The summed E-state index contributed by atoms with van der Waals surface area (Å²) in [5.74, 6) is 0.206. The molecule has 1 rings (SSSR count). The molecular formula is C20H33N3OS. The molecule has 25 heavy (non-hydrogen) atoms. The number of phenolic OH excluding ortho intramolecular Hbond substituents is 1. The van der Waals surface area contributed by atoms with E-state index < -0.39 is 0 Å². The molecule has 140 valence electrons. The number of nitrogens with one attached hydrogen (secondary N) is 2. The Balaban J connectivity index is 1.94. The minimum atomic E-state index is 0.206. The van der Waals surface area contributed by atoms with Gasteiger partial charge in [-0.05, 0) is 30.8 Å². The minimum Gasteiger partial charge on any atom is -0.507 e. The van der Waals surface area contributed by atoms with E-state index in [4.69, 9.17) is 12.2 Å². The van der Waals surface area contributed by atoms with Crippen LogP contribution in [0.2, 0.25) is 0 Å². The van der Waals surface area contributed by atoms with Crippen LogP contribution in [-0.4, -0.2) is 23.0 Å². The van der Waals surface area contributed by atoms with Gasteiger partial charge < -0.3 is 10.4 Å². The number of hydrazone groups is 1. The summed E-state index contributed by atoms with van der Waals surface area (Å²) in [5, 5.41) is 17.3. The van der Waals surface area contributed by atoms with Gasteiger partial charge in [0.25, 0.3) is 0 Å². The van der Waals surface area contributed by atoms with Crippen molar-refractivity contribution in [2.45, 2.75) is 71.1 Å². The Kier molecular flexibility index (Phi) is 12.6. The molecule has 0 aliphatic rings. The van der Waals surface area contributed by atoms with Crippen molar-refractivity contribution in [3.8, 4) is 5.75 Å². The maximum Gasteiger partial charge on any atom is 0.186 e. The number of rotatable bonds is 13. The molecule has 0 radical (unpaired) electrons. The Bertz CT molecular complexity index is 505. The lowest BCUT2D eigenvalue weighted by Crippen LogP contribution is -2.32. The molecule has 0 saturated heterocycles. The quantitative estimate of drug-likeness (QED) is 0.197. The SMILES string of the molecule is CCCCCCCCCCCCNC(=S)N/N=C\c1ccccc1O. The smallest absolute Gasteiger partial charge is 0.186 e. The Morgan fingerprint density at radius 3 is 2.24 bits per heavy atom. The highest BCUT2D eigenvalue weighted by molar-refractivity contribution is 7.80. The zero-order valence-electron chi connectivity index (χ0n) is 15.5. The average molecular weight is 364 g/mol. The van der Waals surface area contributed by atoms with Crippen molar-refractivity contribution in [3.63, 3.8) is 0 Å². The number of hydrogen-bond acceptors (Lipinski definition) is 3. The van der Waals surface area contributed by atoms with Gasteiger partial charge in [0, 0.05) is 12.1 Å². The zero-order chi connectivity index (χ0) is 18.2. The van der Waals surface area contributed by atoms with Gasteiger partial charge in [0.2, 0.25) is 0 Å². The van der Waals surface area contributed by atoms with Crippen LogP contribution in [0.25, 0.3) is 0 Å². The molecule has 0 aliphatic heterocycles. The second-order valence-electron chi connectivity index (χ2n) is 6.37. The fourth-order valence-corrected chi connectivity index (χ4v) is 2.77. The normalized spacial score (nSPS) is 10.9. The van der Waals surface area contributed by atoms with E-state index in [1.807, 2.05) is 6.07 Å². The average Bonchev–Trinajstić information content (AvgIpc) is 2.61. The lowest BCUT2D eigenvalue weighted by Gasteiger charge is -2.07. The molecule has 3 N–H and O–H groups in total. The molecule has 5 heteroatoms. The van der Waals surface area contributed by atoms with Crippen LogP contribution < -0.4 is 10.7 Å². The molecule has 0 aromatic heterocycles. The highest BCUT2D eigenvalue weighted by Crippen LogP contribution is 2.12. The van der Waals surface area contributed by atoms with Gasteiger partial charge in [0.1, 0.15) is 5.75 Å². The zero-order valence-corrected chi connectivity index (χ0v) is 16.3. The molecule has 0 spiro atoms. The summed E-state index contributed by atoms with van der Waals surface area (Å²) in [5.41, 5.74) is 3.43. The van der Waals surface area contributed by atoms with E-state index in [2.05, 4.69) is 22.8 Å². The molecule has 0 saturated carbocycles. The Morgan fingerprint density at radius 2 is 1.60 bits per heavy atom. The summed E-state index contributed by atoms with van der Waals surface area (Å²) in [6.45, 7) is 3.13. The van der Waals surface area contributed by atoms with E-state index in [1.165, 1.54) is 57.8 Å². The molecule has 0 bridgehead atoms. The molecule has 0 aliphatic carbocycles. The summed E-state index contributed by atoms with van der Waals surface area (Å²) in [6, 6.07) is 7.05. The van der Waals surface area contributed by atoms with Crippen LogP contribution in [0.4, 0.5) is 0 Å². The molecule has 1 aromatic rings. The van der Waals surface area contributed by atoms with Crippen LogP contribution in [0.3, 0.4) is 0 Å². The second-order valence-corrected chi connectivity index (χ2v) is 6.77. The highest BCUT2D eigenvalue weighted by Gasteiger charge is 1.96. The maximum absolute atomic E-state index is 9.62. The molecule has 0 unspecified atom stereocenters. The van der Waals surface area contributed by atoms with Crippen LogP contribution in [0.5, 0.6) is 5.75 Å². The van der Waals surface area contributed by atoms with Gasteiger partial charge in [0.05, 0.1) is 6.21 Å². The first-order valence-corrected chi connectivity index (χ1v) is 9.99.